The van der Waals surface area contributed by atoms with Gasteiger partial charge in [-0.3, -0.25) is 4.79 Å². The van der Waals surface area contributed by atoms with Crippen molar-refractivity contribution >= 4 is 16.8 Å². The highest BCUT2D eigenvalue weighted by Crippen LogP contribution is 2.28. The van der Waals surface area contributed by atoms with Crippen molar-refractivity contribution in [1.29, 1.82) is 0 Å². The van der Waals surface area contributed by atoms with Crippen LogP contribution in [0.3, 0.4) is 0 Å². The fourth-order valence-corrected chi connectivity index (χ4v) is 1.54. The van der Waals surface area contributed by atoms with Crippen molar-refractivity contribution in [1.82, 2.24) is 9.78 Å². The maximum Gasteiger partial charge on any atom is 0.272 e. The van der Waals surface area contributed by atoms with Gasteiger partial charge in [-0.2, -0.15) is 5.10 Å². The molecule has 0 atom stereocenters. The average molecular weight is 215 g/mol. The molecular formula is C9H11ClN2O2. The Morgan fingerprint density at radius 3 is 3.07 bits per heavy atom. The standard InChI is InChI=1S/C9H11ClN2O2/c1-9(2)4-12-7(14-5-9)3-6(11-12)8(10)13/h3H,4-5H2,1-2H3. The van der Waals surface area contributed by atoms with Crippen molar-refractivity contribution in [2.75, 3.05) is 6.61 Å². The third-order valence-corrected chi connectivity index (χ3v) is 2.33. The molecule has 14 heavy (non-hydrogen) atoms. The second kappa shape index (κ2) is 2.98. The predicted molar refractivity (Wildman–Crippen MR) is 51.7 cm³/mol. The summed E-state index contributed by atoms with van der Waals surface area (Å²) in [5.74, 6) is 0.619. The van der Waals surface area contributed by atoms with E-state index < -0.39 is 5.24 Å². The number of hydrogen-bond acceptors (Lipinski definition) is 3. The highest BCUT2D eigenvalue weighted by molar-refractivity contribution is 6.67. The van der Waals surface area contributed by atoms with E-state index in [4.69, 9.17) is 16.3 Å². The lowest BCUT2D eigenvalue weighted by Gasteiger charge is -2.29. The Hall–Kier alpha value is -1.03. The topological polar surface area (TPSA) is 44.1 Å². The Kier molecular flexibility index (Phi) is 2.03. The highest BCUT2D eigenvalue weighted by Gasteiger charge is 2.28. The molecule has 0 radical (unpaired) electrons. The van der Waals surface area contributed by atoms with Crippen LogP contribution in [-0.4, -0.2) is 21.6 Å². The first-order valence-corrected chi connectivity index (χ1v) is 4.76. The van der Waals surface area contributed by atoms with Gasteiger partial charge in [0, 0.05) is 11.5 Å². The van der Waals surface area contributed by atoms with Gasteiger partial charge in [-0.15, -0.1) is 0 Å². The number of rotatable bonds is 1. The van der Waals surface area contributed by atoms with Gasteiger partial charge < -0.3 is 4.74 Å². The summed E-state index contributed by atoms with van der Waals surface area (Å²) in [6.45, 7) is 5.54. The van der Waals surface area contributed by atoms with Gasteiger partial charge in [-0.25, -0.2) is 4.68 Å². The first-order chi connectivity index (χ1) is 6.48. The second-order valence-electron chi connectivity index (χ2n) is 4.25. The van der Waals surface area contributed by atoms with E-state index in [0.29, 0.717) is 12.5 Å². The molecule has 0 fully saturated rings. The maximum atomic E-state index is 10.9. The Morgan fingerprint density at radius 1 is 1.71 bits per heavy atom. The molecule has 0 saturated heterocycles. The molecule has 0 spiro atoms. The molecule has 0 aromatic carbocycles. The summed E-state index contributed by atoms with van der Waals surface area (Å²) in [6.07, 6.45) is 0. The van der Waals surface area contributed by atoms with E-state index in [1.807, 2.05) is 0 Å². The van der Waals surface area contributed by atoms with Gasteiger partial charge in [0.2, 0.25) is 5.88 Å². The summed E-state index contributed by atoms with van der Waals surface area (Å²) in [4.78, 5) is 10.9. The Labute approximate surface area is 86.8 Å². The molecule has 0 aliphatic carbocycles. The minimum absolute atomic E-state index is 0.0473. The van der Waals surface area contributed by atoms with E-state index in [1.54, 1.807) is 10.7 Å². The quantitative estimate of drug-likeness (QED) is 0.669. The van der Waals surface area contributed by atoms with Gasteiger partial charge in [0.15, 0.2) is 0 Å². The SMILES string of the molecule is CC1(C)COc2cc(C(=O)Cl)nn2C1. The van der Waals surface area contributed by atoms with E-state index in [1.165, 1.54) is 0 Å². The van der Waals surface area contributed by atoms with Crippen LogP contribution in [0.15, 0.2) is 6.07 Å². The van der Waals surface area contributed by atoms with Crippen LogP contribution < -0.4 is 4.74 Å². The largest absolute Gasteiger partial charge is 0.477 e. The first kappa shape index (κ1) is 9.52. The smallest absolute Gasteiger partial charge is 0.272 e. The van der Waals surface area contributed by atoms with Gasteiger partial charge in [-0.05, 0) is 11.6 Å². The lowest BCUT2D eigenvalue weighted by Crippen LogP contribution is -2.32. The third-order valence-electron chi connectivity index (χ3n) is 2.13. The number of fused-ring (bicyclic) bond motifs is 1. The van der Waals surface area contributed by atoms with Gasteiger partial charge in [0.05, 0.1) is 13.2 Å². The molecular weight excluding hydrogens is 204 g/mol. The van der Waals surface area contributed by atoms with Crippen LogP contribution in [0.2, 0.25) is 0 Å². The van der Waals surface area contributed by atoms with Crippen LogP contribution >= 0.6 is 11.6 Å². The summed E-state index contributed by atoms with van der Waals surface area (Å²) in [6, 6.07) is 1.57. The Morgan fingerprint density at radius 2 is 2.43 bits per heavy atom. The molecule has 0 unspecified atom stereocenters. The van der Waals surface area contributed by atoms with Crippen molar-refractivity contribution in [3.8, 4) is 5.88 Å². The van der Waals surface area contributed by atoms with Crippen molar-refractivity contribution in [2.45, 2.75) is 20.4 Å². The van der Waals surface area contributed by atoms with Crippen molar-refractivity contribution in [2.24, 2.45) is 5.41 Å². The molecule has 0 bridgehead atoms. The number of carbonyl (C=O) groups is 1. The number of aromatic nitrogens is 2. The maximum absolute atomic E-state index is 10.9. The molecule has 2 heterocycles. The molecule has 1 aromatic heterocycles. The van der Waals surface area contributed by atoms with Crippen LogP contribution in [0.4, 0.5) is 0 Å². The van der Waals surface area contributed by atoms with E-state index in [0.717, 1.165) is 6.54 Å². The fourth-order valence-electron chi connectivity index (χ4n) is 1.45. The molecule has 4 nitrogen and oxygen atoms in total. The van der Waals surface area contributed by atoms with Crippen LogP contribution in [0.25, 0.3) is 0 Å². The number of carbonyl (C=O) groups excluding carboxylic acids is 1. The fraction of sp³-hybridized carbons (Fsp3) is 0.556. The average Bonchev–Trinajstić information content (AvgIpc) is 2.45. The normalized spacial score (nSPS) is 18.5. The van der Waals surface area contributed by atoms with Crippen LogP contribution in [0.5, 0.6) is 5.88 Å². The second-order valence-corrected chi connectivity index (χ2v) is 4.60. The monoisotopic (exact) mass is 214 g/mol. The number of ether oxygens (including phenoxy) is 1. The summed E-state index contributed by atoms with van der Waals surface area (Å²) in [7, 11) is 0. The molecule has 1 aromatic rings. The van der Waals surface area contributed by atoms with E-state index in [9.17, 15) is 4.79 Å². The highest BCUT2D eigenvalue weighted by atomic mass is 35.5. The minimum atomic E-state index is -0.548. The molecule has 1 aliphatic rings. The Bertz CT molecular complexity index is 384. The van der Waals surface area contributed by atoms with E-state index in [2.05, 4.69) is 18.9 Å². The molecule has 0 saturated carbocycles. The zero-order valence-electron chi connectivity index (χ0n) is 8.08. The van der Waals surface area contributed by atoms with Crippen molar-refractivity contribution < 1.29 is 9.53 Å². The molecule has 76 valence electrons. The van der Waals surface area contributed by atoms with Gasteiger partial charge in [-0.1, -0.05) is 13.8 Å². The molecule has 0 amide bonds. The lowest BCUT2D eigenvalue weighted by atomic mass is 9.94. The predicted octanol–water partition coefficient (Wildman–Crippen LogP) is 1.68. The van der Waals surface area contributed by atoms with E-state index in [-0.39, 0.29) is 11.1 Å². The van der Waals surface area contributed by atoms with Crippen molar-refractivity contribution in [3.63, 3.8) is 0 Å². The number of hydrogen-bond donors (Lipinski definition) is 0. The summed E-state index contributed by atoms with van der Waals surface area (Å²) >= 11 is 5.32. The number of halogens is 1. The minimum Gasteiger partial charge on any atom is -0.477 e. The lowest BCUT2D eigenvalue weighted by molar-refractivity contribution is 0.0996. The van der Waals surface area contributed by atoms with Gasteiger partial charge in [0.25, 0.3) is 5.24 Å². The van der Waals surface area contributed by atoms with Gasteiger partial charge in [0.1, 0.15) is 5.69 Å². The third kappa shape index (κ3) is 1.62. The summed E-state index contributed by atoms with van der Waals surface area (Å²) in [5, 5.41) is 3.51. The zero-order valence-corrected chi connectivity index (χ0v) is 8.84. The van der Waals surface area contributed by atoms with Crippen LogP contribution in [0, 0.1) is 5.41 Å². The number of nitrogens with zero attached hydrogens (tertiary/aromatic N) is 2. The van der Waals surface area contributed by atoms with Crippen molar-refractivity contribution in [3.05, 3.63) is 11.8 Å². The molecule has 5 heteroatoms. The molecule has 2 rings (SSSR count). The molecule has 0 N–H and O–H groups in total. The molecule has 1 aliphatic heterocycles. The van der Waals surface area contributed by atoms with E-state index >= 15 is 0 Å². The van der Waals surface area contributed by atoms with Crippen LogP contribution in [-0.2, 0) is 6.54 Å². The van der Waals surface area contributed by atoms with Gasteiger partial charge >= 0.3 is 0 Å². The first-order valence-electron chi connectivity index (χ1n) is 4.38. The zero-order chi connectivity index (χ0) is 10.3. The summed E-state index contributed by atoms with van der Waals surface area (Å²) in [5.41, 5.74) is 0.297. The Balaban J connectivity index is 2.34. The van der Waals surface area contributed by atoms with Crippen LogP contribution in [0.1, 0.15) is 24.3 Å². The summed E-state index contributed by atoms with van der Waals surface area (Å²) < 4.78 is 7.14.